The van der Waals surface area contributed by atoms with Gasteiger partial charge in [-0.15, -0.1) is 0 Å². The number of hydrogen-bond acceptors (Lipinski definition) is 2. The maximum atomic E-state index is 12.9. The molecule has 0 atom stereocenters. The molecule has 1 aromatic heterocycles. The van der Waals surface area contributed by atoms with Crippen LogP contribution in [0.25, 0.3) is 16.9 Å². The summed E-state index contributed by atoms with van der Waals surface area (Å²) < 4.78 is 1.75. The number of benzene rings is 2. The minimum atomic E-state index is -0.106. The fraction of sp³-hybridized carbons (Fsp3) is 0.304. The average molecular weight is 378 g/mol. The van der Waals surface area contributed by atoms with E-state index in [1.165, 1.54) is 16.0 Å². The molecule has 0 bridgehead atoms. The molecule has 5 heteroatoms. The number of hydrogen-bond donors (Lipinski definition) is 2. The zero-order valence-corrected chi connectivity index (χ0v) is 17.3. The molecule has 0 aliphatic rings. The second kappa shape index (κ2) is 8.40. The predicted molar refractivity (Wildman–Crippen MR) is 113 cm³/mol. The molecule has 0 saturated carbocycles. The largest absolute Gasteiger partial charge is 0.345 e. The van der Waals surface area contributed by atoms with Crippen LogP contribution in [-0.2, 0) is 0 Å². The first-order valence-electron chi connectivity index (χ1n) is 9.67. The van der Waals surface area contributed by atoms with Gasteiger partial charge in [-0.2, -0.15) is 5.10 Å². The Bertz CT molecular complexity index is 988. The van der Waals surface area contributed by atoms with E-state index < -0.39 is 0 Å². The van der Waals surface area contributed by atoms with Crippen molar-refractivity contribution in [1.29, 1.82) is 0 Å². The Morgan fingerprint density at radius 2 is 1.82 bits per heavy atom. The average Bonchev–Trinajstić information content (AvgIpc) is 3.09. The Morgan fingerprint density at radius 1 is 1.04 bits per heavy atom. The fourth-order valence-corrected chi connectivity index (χ4v) is 3.06. The van der Waals surface area contributed by atoms with Crippen LogP contribution >= 0.6 is 0 Å². The van der Waals surface area contributed by atoms with Crippen molar-refractivity contribution in [3.63, 3.8) is 0 Å². The van der Waals surface area contributed by atoms with E-state index in [0.717, 1.165) is 29.1 Å². The summed E-state index contributed by atoms with van der Waals surface area (Å²) in [6, 6.07) is 16.2. The van der Waals surface area contributed by atoms with E-state index >= 15 is 0 Å². The molecule has 0 unspecified atom stereocenters. The second-order valence-electron chi connectivity index (χ2n) is 7.68. The quantitative estimate of drug-likeness (QED) is 0.693. The van der Waals surface area contributed by atoms with Crippen LogP contribution in [0.3, 0.4) is 0 Å². The first kappa shape index (κ1) is 19.8. The Morgan fingerprint density at radius 3 is 2.50 bits per heavy atom. The van der Waals surface area contributed by atoms with Crippen molar-refractivity contribution in [2.45, 2.75) is 20.8 Å². The van der Waals surface area contributed by atoms with Gasteiger partial charge >= 0.3 is 0 Å². The molecule has 3 aromatic rings. The molecule has 1 heterocycles. The number of aryl methyl sites for hydroxylation is 3. The van der Waals surface area contributed by atoms with Crippen molar-refractivity contribution in [2.24, 2.45) is 0 Å². The van der Waals surface area contributed by atoms with E-state index in [2.05, 4.69) is 51.5 Å². The van der Waals surface area contributed by atoms with Crippen molar-refractivity contribution in [1.82, 2.24) is 15.1 Å². The zero-order valence-electron chi connectivity index (χ0n) is 17.3. The molecule has 28 heavy (non-hydrogen) atoms. The lowest BCUT2D eigenvalue weighted by Gasteiger charge is -2.10. The molecule has 0 aliphatic carbocycles. The van der Waals surface area contributed by atoms with Gasteiger partial charge in [0.2, 0.25) is 0 Å². The Kier molecular flexibility index (Phi) is 5.95. The summed E-state index contributed by atoms with van der Waals surface area (Å²) in [4.78, 5) is 14.2. The Labute approximate surface area is 167 Å². The van der Waals surface area contributed by atoms with Crippen LogP contribution < -0.4 is 10.2 Å². The third-order valence-corrected chi connectivity index (χ3v) is 4.90. The van der Waals surface area contributed by atoms with Crippen LogP contribution in [-0.4, -0.2) is 42.9 Å². The number of aromatic nitrogens is 2. The SMILES string of the molecule is Cc1cccc(-n2nc(-c3ccc(C)c(C)c3)cc2C(=O)NCC[NH+](C)C)c1. The number of likely N-dealkylation sites (N-methyl/N-ethyl adjacent to an activating group) is 1. The van der Waals surface area contributed by atoms with Crippen LogP contribution in [0.2, 0.25) is 0 Å². The summed E-state index contributed by atoms with van der Waals surface area (Å²) in [5.41, 5.74) is 6.83. The maximum absolute atomic E-state index is 12.9. The standard InChI is InChI=1S/C23H28N4O/c1-16-7-6-8-20(13-16)27-22(23(28)24-11-12-26(4)5)15-21(25-27)19-10-9-17(2)18(3)14-19/h6-10,13-15H,11-12H2,1-5H3,(H,24,28)/p+1. The van der Waals surface area contributed by atoms with Crippen LogP contribution in [0, 0.1) is 20.8 Å². The van der Waals surface area contributed by atoms with Gasteiger partial charge in [-0.25, -0.2) is 4.68 Å². The predicted octanol–water partition coefficient (Wildman–Crippen LogP) is 2.34. The third kappa shape index (κ3) is 4.49. The summed E-state index contributed by atoms with van der Waals surface area (Å²) in [5.74, 6) is -0.106. The van der Waals surface area contributed by atoms with Crippen LogP contribution in [0.1, 0.15) is 27.2 Å². The minimum Gasteiger partial charge on any atom is -0.345 e. The van der Waals surface area contributed by atoms with Gasteiger partial charge in [0.25, 0.3) is 5.91 Å². The molecule has 0 spiro atoms. The smallest absolute Gasteiger partial charge is 0.270 e. The number of nitrogens with one attached hydrogen (secondary N) is 2. The van der Waals surface area contributed by atoms with E-state index in [-0.39, 0.29) is 5.91 Å². The third-order valence-electron chi connectivity index (χ3n) is 4.90. The van der Waals surface area contributed by atoms with Crippen LogP contribution in [0.4, 0.5) is 0 Å². The van der Waals surface area contributed by atoms with E-state index in [4.69, 9.17) is 5.10 Å². The molecule has 1 amide bonds. The first-order chi connectivity index (χ1) is 13.3. The highest BCUT2D eigenvalue weighted by molar-refractivity contribution is 5.94. The van der Waals surface area contributed by atoms with E-state index in [0.29, 0.717) is 12.2 Å². The molecule has 0 aliphatic heterocycles. The lowest BCUT2D eigenvalue weighted by atomic mass is 10.0. The minimum absolute atomic E-state index is 0.106. The van der Waals surface area contributed by atoms with Gasteiger partial charge in [0.05, 0.1) is 38.6 Å². The van der Waals surface area contributed by atoms with Crippen molar-refractivity contribution < 1.29 is 9.69 Å². The molecule has 0 saturated heterocycles. The number of carbonyl (C=O) groups excluding carboxylic acids is 1. The molecule has 3 rings (SSSR count). The molecule has 5 nitrogen and oxygen atoms in total. The molecular formula is C23H29N4O+. The number of nitrogens with zero attached hydrogens (tertiary/aromatic N) is 2. The molecule has 0 fully saturated rings. The normalized spacial score (nSPS) is 11.1. The Balaban J connectivity index is 2.01. The lowest BCUT2D eigenvalue weighted by molar-refractivity contribution is -0.856. The van der Waals surface area contributed by atoms with Crippen LogP contribution in [0.5, 0.6) is 0 Å². The van der Waals surface area contributed by atoms with Gasteiger partial charge in [0.15, 0.2) is 0 Å². The fourth-order valence-electron chi connectivity index (χ4n) is 3.06. The van der Waals surface area contributed by atoms with Crippen molar-refractivity contribution >= 4 is 5.91 Å². The number of quaternary nitrogens is 1. The summed E-state index contributed by atoms with van der Waals surface area (Å²) in [6.07, 6.45) is 0. The van der Waals surface area contributed by atoms with Gasteiger partial charge in [0, 0.05) is 5.56 Å². The highest BCUT2D eigenvalue weighted by Crippen LogP contribution is 2.24. The topological polar surface area (TPSA) is 51.4 Å². The monoisotopic (exact) mass is 377 g/mol. The van der Waals surface area contributed by atoms with Gasteiger partial charge in [-0.3, -0.25) is 4.79 Å². The van der Waals surface area contributed by atoms with E-state index in [1.54, 1.807) is 4.68 Å². The summed E-state index contributed by atoms with van der Waals surface area (Å²) in [6.45, 7) is 7.72. The highest BCUT2D eigenvalue weighted by atomic mass is 16.2. The molecule has 2 aromatic carbocycles. The van der Waals surface area contributed by atoms with Gasteiger partial charge < -0.3 is 10.2 Å². The molecule has 146 valence electrons. The number of carbonyl (C=O) groups is 1. The molecule has 0 radical (unpaired) electrons. The molecule has 2 N–H and O–H groups in total. The number of amides is 1. The first-order valence-corrected chi connectivity index (χ1v) is 9.67. The van der Waals surface area contributed by atoms with E-state index in [9.17, 15) is 4.79 Å². The zero-order chi connectivity index (χ0) is 20.3. The van der Waals surface area contributed by atoms with Crippen molar-refractivity contribution in [3.05, 3.63) is 70.9 Å². The summed E-state index contributed by atoms with van der Waals surface area (Å²) in [5, 5.41) is 7.80. The van der Waals surface area contributed by atoms with Gasteiger partial charge in [-0.1, -0.05) is 24.3 Å². The lowest BCUT2D eigenvalue weighted by Crippen LogP contribution is -3.06. The van der Waals surface area contributed by atoms with Gasteiger partial charge in [-0.05, 0) is 61.7 Å². The van der Waals surface area contributed by atoms with Crippen molar-refractivity contribution in [3.8, 4) is 16.9 Å². The number of rotatable bonds is 6. The van der Waals surface area contributed by atoms with Crippen LogP contribution in [0.15, 0.2) is 48.5 Å². The van der Waals surface area contributed by atoms with E-state index in [1.807, 2.05) is 37.3 Å². The maximum Gasteiger partial charge on any atom is 0.270 e. The van der Waals surface area contributed by atoms with Crippen molar-refractivity contribution in [2.75, 3.05) is 27.2 Å². The second-order valence-corrected chi connectivity index (χ2v) is 7.68. The summed E-state index contributed by atoms with van der Waals surface area (Å²) >= 11 is 0. The molecular weight excluding hydrogens is 348 g/mol. The van der Waals surface area contributed by atoms with Gasteiger partial charge in [0.1, 0.15) is 5.69 Å². The summed E-state index contributed by atoms with van der Waals surface area (Å²) in [7, 11) is 4.14. The Hall–Kier alpha value is -2.92. The highest BCUT2D eigenvalue weighted by Gasteiger charge is 2.18.